The molecule has 0 aliphatic carbocycles. The Morgan fingerprint density at radius 3 is 2.58 bits per heavy atom. The van der Waals surface area contributed by atoms with E-state index in [9.17, 15) is 0 Å². The summed E-state index contributed by atoms with van der Waals surface area (Å²) in [6, 6.07) is 6.50. The molecule has 1 aromatic rings. The smallest absolute Gasteiger partial charge is 0.137 e. The zero-order valence-electron chi connectivity index (χ0n) is 12.5. The number of halogens is 1. The second-order valence-electron chi connectivity index (χ2n) is 5.51. The summed E-state index contributed by atoms with van der Waals surface area (Å²) in [7, 11) is 0. The van der Waals surface area contributed by atoms with Crippen molar-refractivity contribution >= 4 is 11.6 Å². The monoisotopic (exact) mass is 283 g/mol. The Balaban J connectivity index is 2.52. The average Bonchev–Trinajstić information content (AvgIpc) is 2.35. The number of rotatable bonds is 8. The largest absolute Gasteiger partial charge is 0.492 e. The normalized spacial score (nSPS) is 12.7. The molecule has 0 saturated carbocycles. The number of benzene rings is 1. The number of ether oxygens (including phenoxy) is 1. The van der Waals surface area contributed by atoms with Gasteiger partial charge in [-0.15, -0.1) is 0 Å². The molecule has 1 unspecified atom stereocenters. The second kappa shape index (κ2) is 8.44. The van der Waals surface area contributed by atoms with Gasteiger partial charge in [0, 0.05) is 12.6 Å². The Morgan fingerprint density at radius 1 is 1.26 bits per heavy atom. The summed E-state index contributed by atoms with van der Waals surface area (Å²) in [5, 5.41) is 4.08. The molecule has 0 amide bonds. The predicted molar refractivity (Wildman–Crippen MR) is 83.0 cm³/mol. The zero-order chi connectivity index (χ0) is 14.3. The van der Waals surface area contributed by atoms with Gasteiger partial charge in [-0.25, -0.2) is 0 Å². The number of hydrogen-bond donors (Lipinski definition) is 1. The summed E-state index contributed by atoms with van der Waals surface area (Å²) in [5.41, 5.74) is 1.19. The van der Waals surface area contributed by atoms with Crippen LogP contribution >= 0.6 is 11.6 Å². The summed E-state index contributed by atoms with van der Waals surface area (Å²) in [6.45, 7) is 10.2. The van der Waals surface area contributed by atoms with Gasteiger partial charge < -0.3 is 10.1 Å². The first kappa shape index (κ1) is 16.3. The van der Waals surface area contributed by atoms with Crippen LogP contribution in [-0.4, -0.2) is 12.6 Å². The molecule has 0 saturated heterocycles. The van der Waals surface area contributed by atoms with Crippen LogP contribution in [0.4, 0.5) is 0 Å². The Labute approximate surface area is 122 Å². The maximum Gasteiger partial charge on any atom is 0.137 e. The lowest BCUT2D eigenvalue weighted by Crippen LogP contribution is -2.21. The predicted octanol–water partition coefficient (Wildman–Crippen LogP) is 4.65. The molecule has 3 heteroatoms. The van der Waals surface area contributed by atoms with Crippen LogP contribution in [0.3, 0.4) is 0 Å². The van der Waals surface area contributed by atoms with Crippen molar-refractivity contribution in [3.05, 3.63) is 28.8 Å². The molecule has 0 aliphatic rings. The van der Waals surface area contributed by atoms with E-state index < -0.39 is 0 Å². The van der Waals surface area contributed by atoms with Crippen molar-refractivity contribution in [3.8, 4) is 5.75 Å². The van der Waals surface area contributed by atoms with Crippen LogP contribution in [-0.2, 0) is 6.54 Å². The molecule has 1 N–H and O–H groups in total. The molecule has 19 heavy (non-hydrogen) atoms. The van der Waals surface area contributed by atoms with Gasteiger partial charge in [-0.1, -0.05) is 51.8 Å². The van der Waals surface area contributed by atoms with Gasteiger partial charge in [0.05, 0.1) is 11.6 Å². The summed E-state index contributed by atoms with van der Waals surface area (Å²) >= 11 is 6.25. The molecule has 0 heterocycles. The van der Waals surface area contributed by atoms with Crippen LogP contribution in [0.2, 0.25) is 5.02 Å². The average molecular weight is 284 g/mol. The maximum atomic E-state index is 6.25. The minimum Gasteiger partial charge on any atom is -0.492 e. The second-order valence-corrected chi connectivity index (χ2v) is 5.91. The van der Waals surface area contributed by atoms with Gasteiger partial charge in [0.25, 0.3) is 0 Å². The molecular formula is C16H26ClNO. The summed E-state index contributed by atoms with van der Waals surface area (Å²) in [6.07, 6.45) is 2.38. The van der Waals surface area contributed by atoms with E-state index in [4.69, 9.17) is 16.3 Å². The topological polar surface area (TPSA) is 21.3 Å². The zero-order valence-corrected chi connectivity index (χ0v) is 13.3. The highest BCUT2D eigenvalue weighted by Gasteiger charge is 2.06. The van der Waals surface area contributed by atoms with Crippen molar-refractivity contribution in [3.63, 3.8) is 0 Å². The van der Waals surface area contributed by atoms with Crippen molar-refractivity contribution in [2.75, 3.05) is 6.61 Å². The SMILES string of the molecule is CCCC(C)COc1ccc(CNC(C)C)cc1Cl. The molecule has 1 aromatic carbocycles. The van der Waals surface area contributed by atoms with Crippen LogP contribution in [0, 0.1) is 5.92 Å². The van der Waals surface area contributed by atoms with E-state index in [1.54, 1.807) is 0 Å². The van der Waals surface area contributed by atoms with E-state index in [1.165, 1.54) is 18.4 Å². The van der Waals surface area contributed by atoms with Crippen molar-refractivity contribution in [1.29, 1.82) is 0 Å². The minimum absolute atomic E-state index is 0.476. The van der Waals surface area contributed by atoms with Gasteiger partial charge >= 0.3 is 0 Å². The third kappa shape index (κ3) is 6.31. The first-order valence-corrected chi connectivity index (χ1v) is 7.55. The van der Waals surface area contributed by atoms with E-state index in [-0.39, 0.29) is 0 Å². The van der Waals surface area contributed by atoms with E-state index in [1.807, 2.05) is 12.1 Å². The molecule has 2 nitrogen and oxygen atoms in total. The highest BCUT2D eigenvalue weighted by Crippen LogP contribution is 2.26. The molecular weight excluding hydrogens is 258 g/mol. The fourth-order valence-corrected chi connectivity index (χ4v) is 2.16. The van der Waals surface area contributed by atoms with Crippen LogP contribution in [0.1, 0.15) is 46.1 Å². The molecule has 0 spiro atoms. The lowest BCUT2D eigenvalue weighted by molar-refractivity contribution is 0.251. The summed E-state index contributed by atoms with van der Waals surface area (Å²) in [5.74, 6) is 1.36. The Kier molecular flexibility index (Phi) is 7.25. The molecule has 0 fully saturated rings. The third-order valence-corrected chi connectivity index (χ3v) is 3.31. The van der Waals surface area contributed by atoms with Gasteiger partial charge in [-0.05, 0) is 30.0 Å². The molecule has 0 aromatic heterocycles. The van der Waals surface area contributed by atoms with Crippen LogP contribution in [0.15, 0.2) is 18.2 Å². The highest BCUT2D eigenvalue weighted by atomic mass is 35.5. The molecule has 1 rings (SSSR count). The summed E-state index contributed by atoms with van der Waals surface area (Å²) < 4.78 is 5.78. The van der Waals surface area contributed by atoms with Crippen molar-refractivity contribution in [1.82, 2.24) is 5.32 Å². The molecule has 0 aliphatic heterocycles. The Morgan fingerprint density at radius 2 is 2.00 bits per heavy atom. The van der Waals surface area contributed by atoms with Crippen LogP contribution in [0.25, 0.3) is 0 Å². The van der Waals surface area contributed by atoms with Gasteiger partial charge in [0.1, 0.15) is 5.75 Å². The highest BCUT2D eigenvalue weighted by molar-refractivity contribution is 6.32. The van der Waals surface area contributed by atoms with Crippen LogP contribution in [0.5, 0.6) is 5.75 Å². The number of hydrogen-bond acceptors (Lipinski definition) is 2. The van der Waals surface area contributed by atoms with Gasteiger partial charge in [-0.3, -0.25) is 0 Å². The molecule has 108 valence electrons. The standard InChI is InChI=1S/C16H26ClNO/c1-5-6-13(4)11-19-16-8-7-14(9-15(16)17)10-18-12(2)3/h7-9,12-13,18H,5-6,10-11H2,1-4H3. The van der Waals surface area contributed by atoms with E-state index in [0.717, 1.165) is 18.9 Å². The number of nitrogens with one attached hydrogen (secondary N) is 1. The van der Waals surface area contributed by atoms with Gasteiger partial charge in [0.15, 0.2) is 0 Å². The van der Waals surface area contributed by atoms with Crippen molar-refractivity contribution in [2.24, 2.45) is 5.92 Å². The summed E-state index contributed by atoms with van der Waals surface area (Å²) in [4.78, 5) is 0. The fourth-order valence-electron chi connectivity index (χ4n) is 1.90. The Bertz CT molecular complexity index is 379. The first-order valence-electron chi connectivity index (χ1n) is 7.17. The van der Waals surface area contributed by atoms with E-state index in [0.29, 0.717) is 17.0 Å². The molecule has 0 radical (unpaired) electrons. The van der Waals surface area contributed by atoms with E-state index >= 15 is 0 Å². The Hall–Kier alpha value is -0.730. The molecule has 1 atom stereocenters. The first-order chi connectivity index (χ1) is 9.02. The van der Waals surface area contributed by atoms with Gasteiger partial charge in [0.2, 0.25) is 0 Å². The fraction of sp³-hybridized carbons (Fsp3) is 0.625. The maximum absolute atomic E-state index is 6.25. The molecule has 0 bridgehead atoms. The van der Waals surface area contributed by atoms with Gasteiger partial charge in [-0.2, -0.15) is 0 Å². The van der Waals surface area contributed by atoms with E-state index in [2.05, 4.69) is 39.1 Å². The minimum atomic E-state index is 0.476. The lowest BCUT2D eigenvalue weighted by Gasteiger charge is -2.14. The lowest BCUT2D eigenvalue weighted by atomic mass is 10.1. The quantitative estimate of drug-likeness (QED) is 0.750. The van der Waals surface area contributed by atoms with Crippen molar-refractivity contribution in [2.45, 2.75) is 53.1 Å². The van der Waals surface area contributed by atoms with Crippen LogP contribution < -0.4 is 10.1 Å². The third-order valence-electron chi connectivity index (χ3n) is 3.02. The van der Waals surface area contributed by atoms with Crippen molar-refractivity contribution < 1.29 is 4.74 Å².